The number of aromatic amines is 1. The highest BCUT2D eigenvalue weighted by Crippen LogP contribution is 2.03. The third-order valence-corrected chi connectivity index (χ3v) is 7.03. The number of carboxylic acids is 7. The van der Waals surface area contributed by atoms with Crippen molar-refractivity contribution < 1.29 is 69.3 Å². The molecule has 1 aromatic heterocycles. The standard InChI is InChI=1S/C6H14N4O2.C6H9N3O2.C6H14N2O2.C5H9NO4.C5H9NO2.C4H9NO2/c7-4(5(11)12)2-1-3-10-6(8)9;7-5(6(10)11)1-4-2-8-3-9-4;7-4-2-1-3-5(8)6(9)10;6-3(5(9)10)1-2-4(7)8;7-5(8)4-2-1-3-6-4;1-3(5-2)4(6)7/h4H,1-3,7H2,(H,11,12)(H4,8,9,10);2-3,5H,1,7H2,(H,8,9)(H,10,11);5H,1-4,7-8H2,(H,9,10);3H,1-2,6H2,(H,7,8)(H,9,10);4,6H,1-3H2,(H,7,8);3,5H,1-2H3,(H,6,7)/t4-;2*5-;3-;4-;3-/m111111/s1. The molecule has 0 amide bonds. The lowest BCUT2D eigenvalue weighted by Gasteiger charge is -2.03. The summed E-state index contributed by atoms with van der Waals surface area (Å²) >= 11 is 0. The predicted molar refractivity (Wildman–Crippen MR) is 209 cm³/mol. The van der Waals surface area contributed by atoms with Gasteiger partial charge < -0.3 is 91.5 Å². The lowest BCUT2D eigenvalue weighted by Crippen LogP contribution is -2.32. The van der Waals surface area contributed by atoms with Gasteiger partial charge in [-0.2, -0.15) is 0 Å². The lowest BCUT2D eigenvalue weighted by atomic mass is 10.1. The molecule has 0 bridgehead atoms. The van der Waals surface area contributed by atoms with E-state index in [1.807, 2.05) is 0 Å². The largest absolute Gasteiger partial charge is 0.481 e. The zero-order valence-electron chi connectivity index (χ0n) is 32.7. The van der Waals surface area contributed by atoms with Crippen LogP contribution in [0.5, 0.6) is 0 Å². The molecular weight excluding hydrogens is 776 g/mol. The van der Waals surface area contributed by atoms with Gasteiger partial charge in [-0.05, 0) is 72.0 Å². The molecule has 1 aromatic rings. The van der Waals surface area contributed by atoms with Crippen LogP contribution in [0.4, 0.5) is 0 Å². The molecule has 1 aliphatic rings. The molecule has 0 aromatic carbocycles. The van der Waals surface area contributed by atoms with Crippen LogP contribution >= 0.6 is 0 Å². The smallest absolute Gasteiger partial charge is 0.320 e. The Labute approximate surface area is 335 Å². The van der Waals surface area contributed by atoms with Crippen molar-refractivity contribution in [2.24, 2.45) is 45.1 Å². The van der Waals surface area contributed by atoms with Gasteiger partial charge in [0.05, 0.1) is 6.33 Å². The number of carbonyl (C=O) groups is 7. The predicted octanol–water partition coefficient (Wildman–Crippen LogP) is -3.89. The van der Waals surface area contributed by atoms with Crippen molar-refractivity contribution in [3.63, 3.8) is 0 Å². The van der Waals surface area contributed by atoms with E-state index in [1.54, 1.807) is 20.2 Å². The molecule has 0 aliphatic carbocycles. The van der Waals surface area contributed by atoms with Crippen LogP contribution in [0.2, 0.25) is 0 Å². The van der Waals surface area contributed by atoms with E-state index in [9.17, 15) is 33.6 Å². The normalized spacial score (nSPS) is 14.8. The molecule has 24 N–H and O–H groups in total. The number of hydrogen-bond donors (Lipinski definition) is 17. The molecule has 26 nitrogen and oxygen atoms in total. The number of unbranched alkanes of at least 4 members (excludes halogenated alkanes) is 1. The number of H-pyrrole nitrogens is 1. The first kappa shape index (κ1) is 59.2. The third-order valence-electron chi connectivity index (χ3n) is 7.03. The van der Waals surface area contributed by atoms with E-state index in [1.165, 1.54) is 6.33 Å². The maximum absolute atomic E-state index is 10.3. The number of aliphatic imine (C=N–C) groups is 1. The minimum Gasteiger partial charge on any atom is -0.481 e. The van der Waals surface area contributed by atoms with E-state index in [-0.39, 0.29) is 31.3 Å². The minimum absolute atomic E-state index is 0.0129. The molecule has 1 fully saturated rings. The Morgan fingerprint density at radius 3 is 1.60 bits per heavy atom. The summed E-state index contributed by atoms with van der Waals surface area (Å²) in [4.78, 5) is 80.7. The number of nitrogens with one attached hydrogen (secondary N) is 3. The van der Waals surface area contributed by atoms with Crippen LogP contribution in [0, 0.1) is 0 Å². The van der Waals surface area contributed by atoms with Crippen LogP contribution in [0.25, 0.3) is 0 Å². The van der Waals surface area contributed by atoms with E-state index in [0.29, 0.717) is 32.4 Å². The summed E-state index contributed by atoms with van der Waals surface area (Å²) in [6.07, 6.45) is 8.02. The first-order valence-electron chi connectivity index (χ1n) is 17.7. The fourth-order valence-corrected chi connectivity index (χ4v) is 3.42. The average Bonchev–Trinajstić information content (AvgIpc) is 3.89. The number of imidazole rings is 1. The van der Waals surface area contributed by atoms with Gasteiger partial charge in [0.15, 0.2) is 5.96 Å². The quantitative estimate of drug-likeness (QED) is 0.0339. The van der Waals surface area contributed by atoms with Gasteiger partial charge >= 0.3 is 41.8 Å². The number of rotatable bonds is 20. The summed E-state index contributed by atoms with van der Waals surface area (Å²) in [6.45, 7) is 3.47. The van der Waals surface area contributed by atoms with Crippen molar-refractivity contribution in [1.82, 2.24) is 20.6 Å². The molecule has 58 heavy (non-hydrogen) atoms. The van der Waals surface area contributed by atoms with E-state index >= 15 is 0 Å². The number of likely N-dealkylation sites (N-methyl/N-ethyl adjacent to an activating group) is 1. The van der Waals surface area contributed by atoms with Crippen LogP contribution in [-0.2, 0) is 40.0 Å². The molecule has 6 atom stereocenters. The zero-order valence-corrected chi connectivity index (χ0v) is 32.7. The second kappa shape index (κ2) is 37.1. The van der Waals surface area contributed by atoms with Crippen molar-refractivity contribution in [2.75, 3.05) is 26.7 Å². The van der Waals surface area contributed by atoms with Crippen LogP contribution in [-0.4, -0.2) is 156 Å². The SMILES string of the molecule is CN[C@H](C)C(=O)O.NC(N)=NCCC[C@@H](N)C(=O)O.NCCCC[C@@H](N)C(=O)O.N[C@H](CCC(=O)O)C(=O)O.N[C@H](Cc1cnc[nH]1)C(=O)O.O=C(O)[C@H]1CCCN1. The Bertz CT molecular complexity index is 1330. The molecule has 0 radical (unpaired) electrons. The van der Waals surface area contributed by atoms with Crippen molar-refractivity contribution in [1.29, 1.82) is 0 Å². The van der Waals surface area contributed by atoms with Crippen molar-refractivity contribution >= 4 is 47.7 Å². The fraction of sp³-hybridized carbons (Fsp3) is 0.656. The summed E-state index contributed by atoms with van der Waals surface area (Å²) < 4.78 is 0. The van der Waals surface area contributed by atoms with Gasteiger partial charge in [-0.1, -0.05) is 6.42 Å². The average molecular weight is 841 g/mol. The molecule has 26 heteroatoms. The molecule has 0 unspecified atom stereocenters. The summed E-state index contributed by atoms with van der Waals surface area (Å²) in [5, 5.41) is 63.3. The topological polar surface area (TPSA) is 508 Å². The number of aliphatic carboxylic acids is 7. The second-order valence-corrected chi connectivity index (χ2v) is 12.1. The molecule has 0 saturated carbocycles. The number of carboxylic acid groups (broad SMARTS) is 7. The Balaban J connectivity index is -0.000000304. The van der Waals surface area contributed by atoms with Gasteiger partial charge in [-0.25, -0.2) is 4.98 Å². The molecule has 2 rings (SSSR count). The van der Waals surface area contributed by atoms with E-state index in [2.05, 4.69) is 25.6 Å². The number of hydrogen-bond acceptors (Lipinski definition) is 16. The fourth-order valence-electron chi connectivity index (χ4n) is 3.42. The molecule has 2 heterocycles. The highest BCUT2D eigenvalue weighted by atomic mass is 16.4. The molecule has 0 spiro atoms. The molecule has 336 valence electrons. The number of nitrogens with two attached hydrogens (primary N) is 7. The van der Waals surface area contributed by atoms with Gasteiger partial charge in [-0.15, -0.1) is 0 Å². The zero-order chi connectivity index (χ0) is 45.8. The Morgan fingerprint density at radius 2 is 1.29 bits per heavy atom. The molecule has 1 saturated heterocycles. The number of aromatic nitrogens is 2. The summed E-state index contributed by atoms with van der Waals surface area (Å²) in [5.74, 6) is -6.65. The van der Waals surface area contributed by atoms with Crippen molar-refractivity contribution in [2.45, 2.75) is 107 Å². The van der Waals surface area contributed by atoms with Crippen LogP contribution in [0.15, 0.2) is 17.5 Å². The summed E-state index contributed by atoms with van der Waals surface area (Å²) in [5.41, 5.74) is 36.7. The van der Waals surface area contributed by atoms with Gasteiger partial charge in [0, 0.05) is 31.3 Å². The molecule has 1 aliphatic heterocycles. The highest BCUT2D eigenvalue weighted by molar-refractivity contribution is 5.76. The molecular formula is C32H64N12O14. The van der Waals surface area contributed by atoms with Crippen LogP contribution in [0.3, 0.4) is 0 Å². The maximum Gasteiger partial charge on any atom is 0.320 e. The Morgan fingerprint density at radius 1 is 0.793 bits per heavy atom. The second-order valence-electron chi connectivity index (χ2n) is 12.1. The van der Waals surface area contributed by atoms with E-state index in [0.717, 1.165) is 37.9 Å². The van der Waals surface area contributed by atoms with Crippen molar-refractivity contribution in [3.8, 4) is 0 Å². The third kappa shape index (κ3) is 40.2. The minimum atomic E-state index is -1.17. The number of nitrogens with zero attached hydrogens (tertiary/aromatic N) is 2. The Kier molecular flexibility index (Phi) is 37.8. The van der Waals surface area contributed by atoms with E-state index < -0.39 is 72.0 Å². The van der Waals surface area contributed by atoms with Gasteiger partial charge in [0.1, 0.15) is 36.3 Å². The van der Waals surface area contributed by atoms with Crippen LogP contribution in [0.1, 0.15) is 70.4 Å². The van der Waals surface area contributed by atoms with Gasteiger partial charge in [0.25, 0.3) is 0 Å². The van der Waals surface area contributed by atoms with Crippen molar-refractivity contribution in [3.05, 3.63) is 18.2 Å². The number of guanidine groups is 1. The highest BCUT2D eigenvalue weighted by Gasteiger charge is 2.20. The lowest BCUT2D eigenvalue weighted by molar-refractivity contribution is -0.141. The Hall–Kier alpha value is -5.51. The summed E-state index contributed by atoms with van der Waals surface area (Å²) in [7, 11) is 1.61. The van der Waals surface area contributed by atoms with E-state index in [4.69, 9.17) is 75.9 Å². The first-order chi connectivity index (χ1) is 26.9. The van der Waals surface area contributed by atoms with Gasteiger partial charge in [0.2, 0.25) is 0 Å². The monoisotopic (exact) mass is 840 g/mol. The van der Waals surface area contributed by atoms with Crippen LogP contribution < -0.4 is 50.8 Å². The van der Waals surface area contributed by atoms with Gasteiger partial charge in [-0.3, -0.25) is 38.6 Å². The summed E-state index contributed by atoms with van der Waals surface area (Å²) in [6, 6.07) is -4.15. The maximum atomic E-state index is 10.3. The first-order valence-corrected chi connectivity index (χ1v) is 17.7.